The zero-order chi connectivity index (χ0) is 24.8. The number of rotatable bonds is 8. The van der Waals surface area contributed by atoms with Gasteiger partial charge in [0.05, 0.1) is 12.1 Å². The number of piperazine rings is 1. The van der Waals surface area contributed by atoms with Crippen LogP contribution in [0, 0.1) is 0 Å². The van der Waals surface area contributed by atoms with Gasteiger partial charge < -0.3 is 9.32 Å². The Morgan fingerprint density at radius 2 is 1.60 bits per heavy atom. The van der Waals surface area contributed by atoms with Gasteiger partial charge in [0.1, 0.15) is 6.26 Å². The van der Waals surface area contributed by atoms with Crippen LogP contribution in [-0.2, 0) is 25.8 Å². The van der Waals surface area contributed by atoms with E-state index in [9.17, 15) is 18.0 Å². The second-order valence-electron chi connectivity index (χ2n) is 8.64. The highest BCUT2D eigenvalue weighted by Gasteiger charge is 2.33. The standard InChI is InChI=1S/C26H29F3N4O2/c1-2-33(16-20-8-4-3-5-9-20)25(34)23-19-35-24(30-23)18-32-14-12-31(13-15-32)17-21-10-6-7-11-22(21)26(27,28)29/h3-11,19H,2,12-18H2,1H3. The molecular formula is C26H29F3N4O2. The summed E-state index contributed by atoms with van der Waals surface area (Å²) in [5.74, 6) is 0.277. The molecule has 0 saturated carbocycles. The number of nitrogens with zero attached hydrogens (tertiary/aromatic N) is 4. The first-order chi connectivity index (χ1) is 16.8. The molecule has 1 saturated heterocycles. The van der Waals surface area contributed by atoms with Crippen LogP contribution >= 0.6 is 0 Å². The first kappa shape index (κ1) is 24.9. The Kier molecular flexibility index (Phi) is 7.87. The third-order valence-corrected chi connectivity index (χ3v) is 6.20. The van der Waals surface area contributed by atoms with Crippen LogP contribution in [0.15, 0.2) is 65.3 Å². The zero-order valence-corrected chi connectivity index (χ0v) is 19.7. The van der Waals surface area contributed by atoms with Crippen LogP contribution in [0.3, 0.4) is 0 Å². The van der Waals surface area contributed by atoms with Gasteiger partial charge in [-0.15, -0.1) is 0 Å². The van der Waals surface area contributed by atoms with Crippen LogP contribution in [0.2, 0.25) is 0 Å². The van der Waals surface area contributed by atoms with Crippen molar-refractivity contribution in [3.63, 3.8) is 0 Å². The van der Waals surface area contributed by atoms with Gasteiger partial charge in [0, 0.05) is 45.8 Å². The average Bonchev–Trinajstić information content (AvgIpc) is 3.32. The van der Waals surface area contributed by atoms with Crippen LogP contribution < -0.4 is 0 Å². The summed E-state index contributed by atoms with van der Waals surface area (Å²) < 4.78 is 45.4. The number of benzene rings is 2. The molecule has 1 aromatic heterocycles. The van der Waals surface area contributed by atoms with Crippen LogP contribution in [0.1, 0.15) is 40.0 Å². The minimum Gasteiger partial charge on any atom is -0.447 e. The Bertz CT molecular complexity index is 1110. The molecule has 9 heteroatoms. The lowest BCUT2D eigenvalue weighted by Gasteiger charge is -2.34. The van der Waals surface area contributed by atoms with Crippen molar-refractivity contribution in [2.45, 2.75) is 32.7 Å². The molecule has 0 unspecified atom stereocenters. The van der Waals surface area contributed by atoms with E-state index in [1.54, 1.807) is 11.0 Å². The van der Waals surface area contributed by atoms with Crippen LogP contribution in [0.25, 0.3) is 0 Å². The molecule has 35 heavy (non-hydrogen) atoms. The van der Waals surface area contributed by atoms with Crippen molar-refractivity contribution in [1.82, 2.24) is 19.7 Å². The highest BCUT2D eigenvalue weighted by atomic mass is 19.4. The van der Waals surface area contributed by atoms with Gasteiger partial charge in [-0.3, -0.25) is 14.6 Å². The molecule has 186 valence electrons. The van der Waals surface area contributed by atoms with Gasteiger partial charge in [-0.1, -0.05) is 48.5 Å². The maximum Gasteiger partial charge on any atom is 0.416 e. The molecule has 1 amide bonds. The predicted molar refractivity (Wildman–Crippen MR) is 125 cm³/mol. The maximum absolute atomic E-state index is 13.3. The minimum atomic E-state index is -4.35. The summed E-state index contributed by atoms with van der Waals surface area (Å²) in [4.78, 5) is 23.2. The first-order valence-corrected chi connectivity index (χ1v) is 11.7. The molecule has 0 atom stereocenters. The van der Waals surface area contributed by atoms with E-state index >= 15 is 0 Å². The Hall–Kier alpha value is -3.17. The van der Waals surface area contributed by atoms with Crippen molar-refractivity contribution >= 4 is 5.91 Å². The number of hydrogen-bond acceptors (Lipinski definition) is 5. The van der Waals surface area contributed by atoms with Crippen LogP contribution in [-0.4, -0.2) is 58.3 Å². The number of aromatic nitrogens is 1. The predicted octanol–water partition coefficient (Wildman–Crippen LogP) is 4.67. The van der Waals surface area contributed by atoms with Gasteiger partial charge in [-0.25, -0.2) is 4.98 Å². The quantitative estimate of drug-likeness (QED) is 0.463. The van der Waals surface area contributed by atoms with Gasteiger partial charge in [-0.2, -0.15) is 13.2 Å². The second kappa shape index (κ2) is 11.0. The monoisotopic (exact) mass is 486 g/mol. The number of hydrogen-bond donors (Lipinski definition) is 0. The third-order valence-electron chi connectivity index (χ3n) is 6.20. The number of amides is 1. The highest BCUT2D eigenvalue weighted by Crippen LogP contribution is 2.32. The summed E-state index contributed by atoms with van der Waals surface area (Å²) in [5, 5.41) is 0. The summed E-state index contributed by atoms with van der Waals surface area (Å²) in [6.45, 7) is 6.31. The Morgan fingerprint density at radius 3 is 2.26 bits per heavy atom. The van der Waals surface area contributed by atoms with Crippen LogP contribution in [0.4, 0.5) is 13.2 Å². The van der Waals surface area contributed by atoms with E-state index in [2.05, 4.69) is 9.88 Å². The smallest absolute Gasteiger partial charge is 0.416 e. The Balaban J connectivity index is 1.30. The number of oxazole rings is 1. The molecule has 0 bridgehead atoms. The maximum atomic E-state index is 13.3. The second-order valence-corrected chi connectivity index (χ2v) is 8.64. The summed E-state index contributed by atoms with van der Waals surface area (Å²) >= 11 is 0. The van der Waals surface area contributed by atoms with Gasteiger partial charge in [0.25, 0.3) is 5.91 Å². The topological polar surface area (TPSA) is 52.8 Å². The fourth-order valence-electron chi connectivity index (χ4n) is 4.25. The number of carbonyl (C=O) groups is 1. The van der Waals surface area contributed by atoms with E-state index in [4.69, 9.17) is 4.42 Å². The Labute approximate surface area is 203 Å². The number of halogens is 3. The van der Waals surface area contributed by atoms with Gasteiger partial charge in [0.2, 0.25) is 5.89 Å². The Morgan fingerprint density at radius 1 is 0.971 bits per heavy atom. The van der Waals surface area contributed by atoms with Crippen molar-refractivity contribution in [1.29, 1.82) is 0 Å². The molecule has 0 radical (unpaired) electrons. The largest absolute Gasteiger partial charge is 0.447 e. The molecule has 2 aromatic carbocycles. The summed E-state index contributed by atoms with van der Waals surface area (Å²) in [6, 6.07) is 15.5. The van der Waals surface area contributed by atoms with E-state index in [0.29, 0.717) is 57.3 Å². The highest BCUT2D eigenvalue weighted by molar-refractivity contribution is 5.91. The van der Waals surface area contributed by atoms with Gasteiger partial charge in [-0.05, 0) is 24.1 Å². The van der Waals surface area contributed by atoms with Gasteiger partial charge in [0.15, 0.2) is 5.69 Å². The lowest BCUT2D eigenvalue weighted by atomic mass is 10.1. The van der Waals surface area contributed by atoms with Crippen molar-refractivity contribution in [2.75, 3.05) is 32.7 Å². The molecule has 0 N–H and O–H groups in total. The molecule has 1 fully saturated rings. The van der Waals surface area contributed by atoms with Crippen molar-refractivity contribution in [2.24, 2.45) is 0 Å². The number of carbonyl (C=O) groups excluding carboxylic acids is 1. The third kappa shape index (κ3) is 6.49. The average molecular weight is 487 g/mol. The molecule has 2 heterocycles. The number of alkyl halides is 3. The summed E-state index contributed by atoms with van der Waals surface area (Å²) in [5.41, 5.74) is 1.04. The minimum absolute atomic E-state index is 0.181. The molecule has 1 aliphatic rings. The molecular weight excluding hydrogens is 457 g/mol. The summed E-state index contributed by atoms with van der Waals surface area (Å²) in [6.07, 6.45) is -2.96. The molecule has 0 aliphatic carbocycles. The van der Waals surface area contributed by atoms with Gasteiger partial charge >= 0.3 is 6.18 Å². The van der Waals surface area contributed by atoms with E-state index < -0.39 is 11.7 Å². The lowest BCUT2D eigenvalue weighted by molar-refractivity contribution is -0.138. The molecule has 1 aliphatic heterocycles. The first-order valence-electron chi connectivity index (χ1n) is 11.7. The fraction of sp³-hybridized carbons (Fsp3) is 0.385. The van der Waals surface area contributed by atoms with Crippen LogP contribution in [0.5, 0.6) is 0 Å². The fourth-order valence-corrected chi connectivity index (χ4v) is 4.25. The lowest BCUT2D eigenvalue weighted by Crippen LogP contribution is -2.45. The molecule has 3 aromatic rings. The zero-order valence-electron chi connectivity index (χ0n) is 19.7. The van der Waals surface area contributed by atoms with E-state index in [0.717, 1.165) is 11.6 Å². The molecule has 0 spiro atoms. The van der Waals surface area contributed by atoms with E-state index in [-0.39, 0.29) is 18.1 Å². The normalized spacial score (nSPS) is 15.3. The van der Waals surface area contributed by atoms with Crippen molar-refractivity contribution in [3.8, 4) is 0 Å². The van der Waals surface area contributed by atoms with Crippen molar-refractivity contribution < 1.29 is 22.4 Å². The van der Waals surface area contributed by atoms with E-state index in [1.165, 1.54) is 18.4 Å². The van der Waals surface area contributed by atoms with E-state index in [1.807, 2.05) is 42.2 Å². The SMILES string of the molecule is CCN(Cc1ccccc1)C(=O)c1coc(CN2CCN(Cc3ccccc3C(F)(F)F)CC2)n1. The molecule has 6 nitrogen and oxygen atoms in total. The summed E-state index contributed by atoms with van der Waals surface area (Å²) in [7, 11) is 0. The molecule has 4 rings (SSSR count). The van der Waals surface area contributed by atoms with Crippen molar-refractivity contribution in [3.05, 3.63) is 89.1 Å².